The van der Waals surface area contributed by atoms with Crippen molar-refractivity contribution in [2.24, 2.45) is 0 Å². The maximum absolute atomic E-state index is 11.9. The monoisotopic (exact) mass is 331 g/mol. The van der Waals surface area contributed by atoms with Crippen LogP contribution in [0.3, 0.4) is 0 Å². The summed E-state index contributed by atoms with van der Waals surface area (Å²) in [7, 11) is 0. The first kappa shape index (κ1) is 17.7. The predicted molar refractivity (Wildman–Crippen MR) is 89.9 cm³/mol. The summed E-state index contributed by atoms with van der Waals surface area (Å²) in [6.45, 7) is 2.27. The van der Waals surface area contributed by atoms with Gasteiger partial charge in [-0.25, -0.2) is 4.79 Å². The molecular weight excluding hydrogens is 310 g/mol. The summed E-state index contributed by atoms with van der Waals surface area (Å²) in [4.78, 5) is 35.5. The minimum Gasteiger partial charge on any atom is -0.450 e. The highest BCUT2D eigenvalue weighted by Gasteiger charge is 2.15. The van der Waals surface area contributed by atoms with Crippen molar-refractivity contribution in [1.29, 1.82) is 0 Å². The Morgan fingerprint density at radius 2 is 1.96 bits per heavy atom. The third-order valence-corrected chi connectivity index (χ3v) is 3.52. The van der Waals surface area contributed by atoms with Crippen LogP contribution in [0.4, 0.5) is 0 Å². The highest BCUT2D eigenvalue weighted by molar-refractivity contribution is 5.90. The fourth-order valence-electron chi connectivity index (χ4n) is 2.24. The van der Waals surface area contributed by atoms with E-state index in [0.717, 1.165) is 31.7 Å². The normalized spacial score (nSPS) is 10.5. The molecule has 0 unspecified atom stereocenters. The minimum atomic E-state index is -0.834. The zero-order valence-electron chi connectivity index (χ0n) is 13.7. The number of hydrogen-bond donors (Lipinski definition) is 1. The number of amides is 1. The van der Waals surface area contributed by atoms with Crippen molar-refractivity contribution in [3.63, 3.8) is 0 Å². The number of rotatable bonds is 8. The first-order valence-electron chi connectivity index (χ1n) is 8.08. The van der Waals surface area contributed by atoms with Gasteiger partial charge in [0.25, 0.3) is 5.91 Å². The molecule has 0 aliphatic rings. The quantitative estimate of drug-likeness (QED) is 0.594. The van der Waals surface area contributed by atoms with Gasteiger partial charge in [0, 0.05) is 12.6 Å². The largest absolute Gasteiger partial charge is 0.450 e. The van der Waals surface area contributed by atoms with Gasteiger partial charge in [0.2, 0.25) is 5.76 Å². The van der Waals surface area contributed by atoms with Gasteiger partial charge in [-0.15, -0.1) is 0 Å². The number of esters is 1. The van der Waals surface area contributed by atoms with E-state index < -0.39 is 12.6 Å². The maximum Gasteiger partial charge on any atom is 0.374 e. The average Bonchev–Trinajstić information content (AvgIpc) is 2.59. The van der Waals surface area contributed by atoms with Crippen LogP contribution < -0.4 is 10.7 Å². The summed E-state index contributed by atoms with van der Waals surface area (Å²) in [5, 5.41) is 3.07. The molecule has 2 rings (SSSR count). The van der Waals surface area contributed by atoms with Crippen molar-refractivity contribution in [2.75, 3.05) is 13.2 Å². The van der Waals surface area contributed by atoms with Gasteiger partial charge in [0.15, 0.2) is 12.0 Å². The number of unbranched alkanes of at least 4 members (excludes halogenated alkanes) is 3. The number of carbonyl (C=O) groups excluding carboxylic acids is 2. The van der Waals surface area contributed by atoms with Crippen molar-refractivity contribution < 1.29 is 18.7 Å². The van der Waals surface area contributed by atoms with E-state index >= 15 is 0 Å². The van der Waals surface area contributed by atoms with E-state index in [1.165, 1.54) is 0 Å². The molecule has 0 saturated heterocycles. The average molecular weight is 331 g/mol. The third kappa shape index (κ3) is 4.94. The summed E-state index contributed by atoms with van der Waals surface area (Å²) >= 11 is 0. The second-order valence-electron chi connectivity index (χ2n) is 5.46. The van der Waals surface area contributed by atoms with E-state index in [0.29, 0.717) is 17.5 Å². The van der Waals surface area contributed by atoms with E-state index in [-0.39, 0.29) is 17.1 Å². The van der Waals surface area contributed by atoms with Crippen LogP contribution in [0.15, 0.2) is 39.5 Å². The van der Waals surface area contributed by atoms with Crippen LogP contribution in [0.5, 0.6) is 0 Å². The Bertz CT molecular complexity index is 765. The molecule has 2 aromatic rings. The second-order valence-corrected chi connectivity index (χ2v) is 5.46. The van der Waals surface area contributed by atoms with Gasteiger partial charge >= 0.3 is 5.97 Å². The molecule has 0 bridgehead atoms. The Kier molecular flexibility index (Phi) is 6.54. The van der Waals surface area contributed by atoms with Crippen LogP contribution >= 0.6 is 0 Å². The molecule has 0 aliphatic carbocycles. The van der Waals surface area contributed by atoms with Crippen molar-refractivity contribution in [1.82, 2.24) is 5.32 Å². The number of para-hydroxylation sites is 1. The maximum atomic E-state index is 11.9. The zero-order chi connectivity index (χ0) is 17.4. The van der Waals surface area contributed by atoms with E-state index in [1.54, 1.807) is 24.3 Å². The molecule has 0 spiro atoms. The van der Waals surface area contributed by atoms with Gasteiger partial charge < -0.3 is 14.5 Å². The summed E-state index contributed by atoms with van der Waals surface area (Å²) in [6, 6.07) is 7.70. The Labute approximate surface area is 139 Å². The highest BCUT2D eigenvalue weighted by atomic mass is 16.5. The molecule has 1 aromatic heterocycles. The fourth-order valence-corrected chi connectivity index (χ4v) is 2.24. The molecule has 1 heterocycles. The number of ether oxygens (including phenoxy) is 1. The molecule has 0 saturated carbocycles. The number of fused-ring (bicyclic) bond motifs is 1. The first-order valence-corrected chi connectivity index (χ1v) is 8.08. The Hall–Kier alpha value is -2.63. The molecule has 128 valence electrons. The second kappa shape index (κ2) is 8.86. The van der Waals surface area contributed by atoms with Gasteiger partial charge in [-0.2, -0.15) is 0 Å². The SMILES string of the molecule is CCCCCCNC(=O)COC(=O)c1cc(=O)c2ccccc2o1. The van der Waals surface area contributed by atoms with Crippen LogP contribution in [0.1, 0.15) is 43.2 Å². The van der Waals surface area contributed by atoms with Crippen molar-refractivity contribution in [2.45, 2.75) is 32.6 Å². The van der Waals surface area contributed by atoms with E-state index in [1.807, 2.05) is 0 Å². The van der Waals surface area contributed by atoms with Crippen molar-refractivity contribution >= 4 is 22.8 Å². The van der Waals surface area contributed by atoms with E-state index in [2.05, 4.69) is 12.2 Å². The van der Waals surface area contributed by atoms with Crippen LogP contribution in [0.2, 0.25) is 0 Å². The molecule has 0 atom stereocenters. The Morgan fingerprint density at radius 3 is 2.75 bits per heavy atom. The van der Waals surface area contributed by atoms with Gasteiger partial charge in [-0.3, -0.25) is 9.59 Å². The summed E-state index contributed by atoms with van der Waals surface area (Å²) in [6.07, 6.45) is 4.21. The lowest BCUT2D eigenvalue weighted by Gasteiger charge is -2.06. The molecule has 0 radical (unpaired) electrons. The topological polar surface area (TPSA) is 85.6 Å². The minimum absolute atomic E-state index is 0.213. The molecule has 6 heteroatoms. The molecule has 1 aromatic carbocycles. The van der Waals surface area contributed by atoms with Crippen LogP contribution in [-0.2, 0) is 9.53 Å². The number of benzene rings is 1. The van der Waals surface area contributed by atoms with Crippen LogP contribution in [0, 0.1) is 0 Å². The first-order chi connectivity index (χ1) is 11.6. The van der Waals surface area contributed by atoms with Gasteiger partial charge in [-0.05, 0) is 18.6 Å². The standard InChI is InChI=1S/C18H21NO5/c1-2-3-4-7-10-19-17(21)12-23-18(22)16-11-14(20)13-8-5-6-9-15(13)24-16/h5-6,8-9,11H,2-4,7,10,12H2,1H3,(H,19,21). The fraction of sp³-hybridized carbons (Fsp3) is 0.389. The number of carbonyl (C=O) groups is 2. The van der Waals surface area contributed by atoms with E-state index in [9.17, 15) is 14.4 Å². The smallest absolute Gasteiger partial charge is 0.374 e. The molecule has 24 heavy (non-hydrogen) atoms. The molecule has 0 fully saturated rings. The van der Waals surface area contributed by atoms with Crippen LogP contribution in [0.25, 0.3) is 11.0 Å². The molecule has 0 aliphatic heterocycles. The molecule has 6 nitrogen and oxygen atoms in total. The van der Waals surface area contributed by atoms with Gasteiger partial charge in [-0.1, -0.05) is 38.3 Å². The summed E-state index contributed by atoms with van der Waals surface area (Å²) < 4.78 is 10.2. The predicted octanol–water partition coefficient (Wildman–Crippen LogP) is 2.65. The lowest BCUT2D eigenvalue weighted by Crippen LogP contribution is -2.29. The van der Waals surface area contributed by atoms with Crippen LogP contribution in [-0.4, -0.2) is 25.0 Å². The lowest BCUT2D eigenvalue weighted by atomic mass is 10.2. The highest BCUT2D eigenvalue weighted by Crippen LogP contribution is 2.12. The number of hydrogen-bond acceptors (Lipinski definition) is 5. The van der Waals surface area contributed by atoms with Gasteiger partial charge in [0.1, 0.15) is 5.58 Å². The zero-order valence-corrected chi connectivity index (χ0v) is 13.7. The summed E-state index contributed by atoms with van der Waals surface area (Å²) in [5.74, 6) is -1.42. The number of nitrogens with one attached hydrogen (secondary N) is 1. The van der Waals surface area contributed by atoms with Crippen molar-refractivity contribution in [3.8, 4) is 0 Å². The lowest BCUT2D eigenvalue weighted by molar-refractivity contribution is -0.124. The van der Waals surface area contributed by atoms with Gasteiger partial charge in [0.05, 0.1) is 5.39 Å². The van der Waals surface area contributed by atoms with Crippen molar-refractivity contribution in [3.05, 3.63) is 46.3 Å². The molecule has 1 amide bonds. The molecule has 1 N–H and O–H groups in total. The third-order valence-electron chi connectivity index (χ3n) is 3.52. The Morgan fingerprint density at radius 1 is 1.17 bits per heavy atom. The Balaban J connectivity index is 1.86. The summed E-state index contributed by atoms with van der Waals surface area (Å²) in [5.41, 5.74) is -0.0264. The molecular formula is C18H21NO5. The van der Waals surface area contributed by atoms with E-state index in [4.69, 9.17) is 9.15 Å².